The summed E-state index contributed by atoms with van der Waals surface area (Å²) in [6.45, 7) is 0.870. The highest BCUT2D eigenvalue weighted by atomic mass is 16.2. The summed E-state index contributed by atoms with van der Waals surface area (Å²) in [4.78, 5) is 24.1. The summed E-state index contributed by atoms with van der Waals surface area (Å²) in [6, 6.07) is 27.0. The summed E-state index contributed by atoms with van der Waals surface area (Å²) >= 11 is 0. The lowest BCUT2D eigenvalue weighted by Crippen LogP contribution is -2.27. The Balaban J connectivity index is 1.38. The van der Waals surface area contributed by atoms with Crippen LogP contribution in [0.3, 0.4) is 0 Å². The minimum atomic E-state index is -0.111. The predicted octanol–water partition coefficient (Wildman–Crippen LogP) is 3.99. The lowest BCUT2D eigenvalue weighted by molar-refractivity contribution is -0.116. The lowest BCUT2D eigenvalue weighted by Gasteiger charge is -2.09. The van der Waals surface area contributed by atoms with Gasteiger partial charge in [0.25, 0.3) is 0 Å². The highest BCUT2D eigenvalue weighted by Gasteiger charge is 2.05. The largest absolute Gasteiger partial charge is 0.326 e. The summed E-state index contributed by atoms with van der Waals surface area (Å²) < 4.78 is 0. The molecule has 0 fully saturated rings. The molecule has 0 atom stereocenters. The van der Waals surface area contributed by atoms with E-state index in [0.717, 1.165) is 11.1 Å². The fourth-order valence-electron chi connectivity index (χ4n) is 2.88. The van der Waals surface area contributed by atoms with Gasteiger partial charge in [0.2, 0.25) is 11.8 Å². The van der Waals surface area contributed by atoms with Gasteiger partial charge in [-0.3, -0.25) is 9.59 Å². The molecule has 5 nitrogen and oxygen atoms in total. The topological polar surface area (TPSA) is 70.2 Å². The fourth-order valence-corrected chi connectivity index (χ4v) is 2.88. The highest BCUT2D eigenvalue weighted by molar-refractivity contribution is 5.93. The van der Waals surface area contributed by atoms with E-state index in [2.05, 4.69) is 16.0 Å². The molecule has 0 aliphatic carbocycles. The zero-order valence-electron chi connectivity index (χ0n) is 16.2. The Morgan fingerprint density at radius 3 is 1.72 bits per heavy atom. The molecule has 0 unspecified atom stereocenters. The van der Waals surface area contributed by atoms with E-state index in [-0.39, 0.29) is 18.4 Å². The number of carbonyl (C=O) groups is 2. The van der Waals surface area contributed by atoms with Gasteiger partial charge in [-0.05, 0) is 41.8 Å². The molecule has 0 radical (unpaired) electrons. The molecule has 0 aliphatic rings. The van der Waals surface area contributed by atoms with E-state index in [1.807, 2.05) is 60.7 Å². The molecule has 0 saturated heterocycles. The Kier molecular flexibility index (Phi) is 7.55. The number of hydrogen-bond acceptors (Lipinski definition) is 3. The van der Waals surface area contributed by atoms with Crippen molar-refractivity contribution in [2.45, 2.75) is 19.4 Å². The summed E-state index contributed by atoms with van der Waals surface area (Å²) in [7, 11) is 0. The summed E-state index contributed by atoms with van der Waals surface area (Å²) in [6.07, 6.45) is 1.13. The van der Waals surface area contributed by atoms with Crippen molar-refractivity contribution < 1.29 is 9.59 Å². The minimum Gasteiger partial charge on any atom is -0.326 e. The second-order valence-electron chi connectivity index (χ2n) is 6.75. The smallest absolute Gasteiger partial charge is 0.238 e. The van der Waals surface area contributed by atoms with E-state index in [1.54, 1.807) is 24.3 Å². The maximum atomic E-state index is 12.1. The van der Waals surface area contributed by atoms with Gasteiger partial charge in [0, 0.05) is 24.3 Å². The van der Waals surface area contributed by atoms with Crippen molar-refractivity contribution in [3.8, 4) is 0 Å². The minimum absolute atomic E-state index is 0.0317. The third-order valence-corrected chi connectivity index (χ3v) is 4.39. The first-order valence-corrected chi connectivity index (χ1v) is 9.67. The number of aryl methyl sites for hydroxylation is 1. The van der Waals surface area contributed by atoms with Crippen LogP contribution in [0.2, 0.25) is 0 Å². The normalized spacial score (nSPS) is 10.3. The van der Waals surface area contributed by atoms with E-state index >= 15 is 0 Å². The Labute approximate surface area is 171 Å². The molecule has 148 valence electrons. The number of benzene rings is 3. The van der Waals surface area contributed by atoms with Crippen LogP contribution in [0.1, 0.15) is 17.5 Å². The zero-order chi connectivity index (χ0) is 20.3. The van der Waals surface area contributed by atoms with Crippen LogP contribution in [0.15, 0.2) is 84.9 Å². The zero-order valence-corrected chi connectivity index (χ0v) is 16.2. The molecule has 3 N–H and O–H groups in total. The molecule has 0 bridgehead atoms. The van der Waals surface area contributed by atoms with Gasteiger partial charge in [-0.25, -0.2) is 0 Å². The van der Waals surface area contributed by atoms with Crippen molar-refractivity contribution in [2.75, 3.05) is 17.2 Å². The first-order valence-electron chi connectivity index (χ1n) is 9.67. The molecule has 0 aliphatic heterocycles. The molecule has 5 heteroatoms. The first-order chi connectivity index (χ1) is 14.2. The predicted molar refractivity (Wildman–Crippen MR) is 117 cm³/mol. The average molecular weight is 387 g/mol. The van der Waals surface area contributed by atoms with Crippen LogP contribution >= 0.6 is 0 Å². The summed E-state index contributed by atoms with van der Waals surface area (Å²) in [5.74, 6) is -0.142. The van der Waals surface area contributed by atoms with Gasteiger partial charge in [0.05, 0.1) is 6.54 Å². The number of anilines is 2. The second-order valence-corrected chi connectivity index (χ2v) is 6.75. The molecule has 0 aromatic heterocycles. The van der Waals surface area contributed by atoms with Crippen molar-refractivity contribution in [3.63, 3.8) is 0 Å². The Morgan fingerprint density at radius 1 is 0.621 bits per heavy atom. The first kappa shape index (κ1) is 20.3. The quantitative estimate of drug-likeness (QED) is 0.520. The van der Waals surface area contributed by atoms with E-state index < -0.39 is 0 Å². The van der Waals surface area contributed by atoms with Crippen LogP contribution in [-0.2, 0) is 22.6 Å². The van der Waals surface area contributed by atoms with Crippen molar-refractivity contribution in [1.29, 1.82) is 0 Å². The standard InChI is InChI=1S/C24H25N3O2/c28-23(16-11-19-7-3-1-4-8-19)26-21-12-14-22(15-13-21)27-24(29)18-25-17-20-9-5-2-6-10-20/h1-10,12-15,25H,11,16-18H2,(H,26,28)(H,27,29). The van der Waals surface area contributed by atoms with Gasteiger partial charge < -0.3 is 16.0 Å². The molecule has 2 amide bonds. The molecule has 29 heavy (non-hydrogen) atoms. The number of amides is 2. The number of carbonyl (C=O) groups excluding carboxylic acids is 2. The molecule has 0 heterocycles. The van der Waals surface area contributed by atoms with Crippen molar-refractivity contribution in [2.24, 2.45) is 0 Å². The van der Waals surface area contributed by atoms with E-state index in [4.69, 9.17) is 0 Å². The Bertz CT molecular complexity index is 910. The van der Waals surface area contributed by atoms with Crippen LogP contribution in [0.5, 0.6) is 0 Å². The number of nitrogens with one attached hydrogen (secondary N) is 3. The van der Waals surface area contributed by atoms with E-state index in [1.165, 1.54) is 0 Å². The van der Waals surface area contributed by atoms with E-state index in [9.17, 15) is 9.59 Å². The van der Waals surface area contributed by atoms with Crippen LogP contribution in [0.4, 0.5) is 11.4 Å². The van der Waals surface area contributed by atoms with Gasteiger partial charge >= 0.3 is 0 Å². The second kappa shape index (κ2) is 10.8. The van der Waals surface area contributed by atoms with Crippen LogP contribution in [0.25, 0.3) is 0 Å². The molecular weight excluding hydrogens is 362 g/mol. The number of rotatable bonds is 9. The summed E-state index contributed by atoms with van der Waals surface area (Å²) in [5, 5.41) is 8.84. The molecule has 3 aromatic carbocycles. The van der Waals surface area contributed by atoms with Gasteiger partial charge in [-0.2, -0.15) is 0 Å². The van der Waals surface area contributed by atoms with E-state index in [0.29, 0.717) is 30.8 Å². The van der Waals surface area contributed by atoms with Crippen molar-refractivity contribution in [1.82, 2.24) is 5.32 Å². The number of hydrogen-bond donors (Lipinski definition) is 3. The monoisotopic (exact) mass is 387 g/mol. The fraction of sp³-hybridized carbons (Fsp3) is 0.167. The van der Waals surface area contributed by atoms with Gasteiger partial charge in [0.1, 0.15) is 0 Å². The maximum absolute atomic E-state index is 12.1. The highest BCUT2D eigenvalue weighted by Crippen LogP contribution is 2.14. The van der Waals surface area contributed by atoms with Gasteiger partial charge in [0.15, 0.2) is 0 Å². The third-order valence-electron chi connectivity index (χ3n) is 4.39. The van der Waals surface area contributed by atoms with Crippen molar-refractivity contribution >= 4 is 23.2 Å². The molecule has 0 saturated carbocycles. The van der Waals surface area contributed by atoms with Gasteiger partial charge in [-0.15, -0.1) is 0 Å². The lowest BCUT2D eigenvalue weighted by atomic mass is 10.1. The Morgan fingerprint density at radius 2 is 1.14 bits per heavy atom. The van der Waals surface area contributed by atoms with Crippen LogP contribution < -0.4 is 16.0 Å². The molecular formula is C24H25N3O2. The van der Waals surface area contributed by atoms with Crippen LogP contribution in [0, 0.1) is 0 Å². The SMILES string of the molecule is O=C(CCc1ccccc1)Nc1ccc(NC(=O)CNCc2ccccc2)cc1. The average Bonchev–Trinajstić information content (AvgIpc) is 2.75. The summed E-state index contributed by atoms with van der Waals surface area (Å²) in [5.41, 5.74) is 3.68. The van der Waals surface area contributed by atoms with Crippen molar-refractivity contribution in [3.05, 3.63) is 96.1 Å². The molecule has 0 spiro atoms. The van der Waals surface area contributed by atoms with Crippen LogP contribution in [-0.4, -0.2) is 18.4 Å². The van der Waals surface area contributed by atoms with Gasteiger partial charge in [-0.1, -0.05) is 60.7 Å². The molecule has 3 rings (SSSR count). The molecule has 3 aromatic rings. The maximum Gasteiger partial charge on any atom is 0.238 e. The Hall–Kier alpha value is -3.44. The third kappa shape index (κ3) is 7.24.